The molecule has 2 aromatic carbocycles. The minimum absolute atomic E-state index is 0.0722. The molecule has 34 heavy (non-hydrogen) atoms. The molecule has 7 nitrogen and oxygen atoms in total. The first-order valence-electron chi connectivity index (χ1n) is 11.6. The Kier molecular flexibility index (Phi) is 6.16. The van der Waals surface area contributed by atoms with E-state index in [0.717, 1.165) is 34.8 Å². The quantitative estimate of drug-likeness (QED) is 0.373. The van der Waals surface area contributed by atoms with Gasteiger partial charge in [-0.1, -0.05) is 30.3 Å². The van der Waals surface area contributed by atoms with Crippen molar-refractivity contribution >= 4 is 31.8 Å². The van der Waals surface area contributed by atoms with Crippen LogP contribution in [0.1, 0.15) is 31.7 Å². The number of aliphatic hydroxyl groups is 1. The summed E-state index contributed by atoms with van der Waals surface area (Å²) in [6.07, 6.45) is 7.60. The zero-order valence-corrected chi connectivity index (χ0v) is 19.9. The average molecular weight is 480 g/mol. The second-order valence-electron chi connectivity index (χ2n) is 9.20. The Hall–Kier alpha value is -2.78. The number of rotatable bonds is 7. The van der Waals surface area contributed by atoms with E-state index in [1.807, 2.05) is 24.3 Å². The highest BCUT2D eigenvalue weighted by molar-refractivity contribution is 7.89. The molecule has 3 heterocycles. The number of hydrogen-bond acceptors (Lipinski definition) is 6. The molecule has 1 aliphatic heterocycles. The van der Waals surface area contributed by atoms with Crippen LogP contribution in [0.4, 0.5) is 0 Å². The first-order chi connectivity index (χ1) is 16.4. The number of furan rings is 1. The molecule has 1 aliphatic rings. The van der Waals surface area contributed by atoms with Gasteiger partial charge in [-0.2, -0.15) is 0 Å². The number of para-hydroxylation sites is 1. The fourth-order valence-electron chi connectivity index (χ4n) is 4.98. The van der Waals surface area contributed by atoms with Gasteiger partial charge in [0.15, 0.2) is 0 Å². The summed E-state index contributed by atoms with van der Waals surface area (Å²) in [4.78, 5) is 4.27. The highest BCUT2D eigenvalue weighted by Gasteiger charge is 2.40. The van der Waals surface area contributed by atoms with Crippen LogP contribution in [-0.2, 0) is 16.4 Å². The van der Waals surface area contributed by atoms with Gasteiger partial charge in [0.25, 0.3) is 0 Å². The Balaban J connectivity index is 1.28. The highest BCUT2D eigenvalue weighted by atomic mass is 32.2. The van der Waals surface area contributed by atoms with Crippen molar-refractivity contribution < 1.29 is 17.9 Å². The van der Waals surface area contributed by atoms with Gasteiger partial charge in [-0.3, -0.25) is 4.98 Å². The SMILES string of the molecule is CC(NS(=O)(=O)c1cccc2cnccc12)C1(O)CCNC(CCc2coc3ccccc23)C1. The van der Waals surface area contributed by atoms with Crippen molar-refractivity contribution in [3.05, 3.63) is 72.8 Å². The smallest absolute Gasteiger partial charge is 0.241 e. The van der Waals surface area contributed by atoms with Gasteiger partial charge in [-0.15, -0.1) is 0 Å². The summed E-state index contributed by atoms with van der Waals surface area (Å²) in [7, 11) is -3.83. The topological polar surface area (TPSA) is 104 Å². The minimum Gasteiger partial charge on any atom is -0.464 e. The predicted octanol–water partition coefficient (Wildman–Crippen LogP) is 3.76. The summed E-state index contributed by atoms with van der Waals surface area (Å²) in [6.45, 7) is 2.37. The molecule has 1 fully saturated rings. The van der Waals surface area contributed by atoms with Gasteiger partial charge in [0.2, 0.25) is 10.0 Å². The summed E-state index contributed by atoms with van der Waals surface area (Å²) in [5.41, 5.74) is 0.872. The standard InChI is InChI=1S/C26H29N3O4S/c1-18(29-34(31,32)25-8-4-5-19-16-27-13-11-23(19)25)26(30)12-14-28-21(15-26)10-9-20-17-33-24-7-3-2-6-22(20)24/h2-8,11,13,16-18,21,28-30H,9-10,12,14-15H2,1H3. The molecule has 3 unspecified atom stereocenters. The van der Waals surface area contributed by atoms with Crippen molar-refractivity contribution in [1.29, 1.82) is 0 Å². The third kappa shape index (κ3) is 4.46. The third-order valence-electron chi connectivity index (χ3n) is 6.98. The summed E-state index contributed by atoms with van der Waals surface area (Å²) in [6, 6.07) is 14.2. The summed E-state index contributed by atoms with van der Waals surface area (Å²) >= 11 is 0. The maximum Gasteiger partial charge on any atom is 0.241 e. The zero-order chi connectivity index (χ0) is 23.8. The van der Waals surface area contributed by atoms with Gasteiger partial charge < -0.3 is 14.8 Å². The van der Waals surface area contributed by atoms with Gasteiger partial charge in [-0.25, -0.2) is 13.1 Å². The van der Waals surface area contributed by atoms with Crippen LogP contribution in [0.5, 0.6) is 0 Å². The van der Waals surface area contributed by atoms with Crippen molar-refractivity contribution in [3.63, 3.8) is 0 Å². The van der Waals surface area contributed by atoms with E-state index in [0.29, 0.717) is 24.8 Å². The van der Waals surface area contributed by atoms with Crippen molar-refractivity contribution in [1.82, 2.24) is 15.0 Å². The Morgan fingerprint density at radius 3 is 2.94 bits per heavy atom. The molecule has 1 saturated heterocycles. The van der Waals surface area contributed by atoms with E-state index in [9.17, 15) is 13.5 Å². The molecule has 0 aliphatic carbocycles. The van der Waals surface area contributed by atoms with Crippen LogP contribution in [0.25, 0.3) is 21.7 Å². The molecule has 0 amide bonds. The number of nitrogens with zero attached hydrogens (tertiary/aromatic N) is 1. The number of pyridine rings is 1. The average Bonchev–Trinajstić information content (AvgIpc) is 3.25. The molecule has 3 atom stereocenters. The summed E-state index contributed by atoms with van der Waals surface area (Å²) < 4.78 is 34.9. The predicted molar refractivity (Wildman–Crippen MR) is 132 cm³/mol. The van der Waals surface area contributed by atoms with E-state index in [1.54, 1.807) is 43.8 Å². The van der Waals surface area contributed by atoms with Crippen LogP contribution in [0.15, 0.2) is 76.5 Å². The maximum absolute atomic E-state index is 13.3. The van der Waals surface area contributed by atoms with Crippen LogP contribution < -0.4 is 10.0 Å². The number of fused-ring (bicyclic) bond motifs is 2. The van der Waals surface area contributed by atoms with E-state index in [4.69, 9.17) is 4.42 Å². The Morgan fingerprint density at radius 2 is 2.06 bits per heavy atom. The van der Waals surface area contributed by atoms with Crippen LogP contribution in [0.3, 0.4) is 0 Å². The van der Waals surface area contributed by atoms with Crippen molar-refractivity contribution in [2.45, 2.75) is 55.2 Å². The lowest BCUT2D eigenvalue weighted by Gasteiger charge is -2.41. The monoisotopic (exact) mass is 479 g/mol. The first kappa shape index (κ1) is 23.0. The molecule has 0 spiro atoms. The van der Waals surface area contributed by atoms with Gasteiger partial charge in [-0.05, 0) is 62.9 Å². The van der Waals surface area contributed by atoms with Gasteiger partial charge in [0, 0.05) is 40.6 Å². The number of piperidine rings is 1. The maximum atomic E-state index is 13.3. The molecule has 2 aromatic heterocycles. The lowest BCUT2D eigenvalue weighted by Crippen LogP contribution is -2.58. The number of nitrogens with one attached hydrogen (secondary N) is 2. The zero-order valence-electron chi connectivity index (χ0n) is 19.1. The fraction of sp³-hybridized carbons (Fsp3) is 0.346. The van der Waals surface area contributed by atoms with Crippen molar-refractivity contribution in [2.75, 3.05) is 6.54 Å². The van der Waals surface area contributed by atoms with Crippen LogP contribution in [0, 0.1) is 0 Å². The van der Waals surface area contributed by atoms with E-state index in [1.165, 1.54) is 0 Å². The number of hydrogen-bond donors (Lipinski definition) is 3. The van der Waals surface area contributed by atoms with E-state index in [-0.39, 0.29) is 10.9 Å². The molecule has 5 rings (SSSR count). The van der Waals surface area contributed by atoms with E-state index < -0.39 is 21.7 Å². The fourth-order valence-corrected chi connectivity index (χ4v) is 6.53. The normalized spacial score (nSPS) is 22.2. The first-order valence-corrected chi connectivity index (χ1v) is 13.1. The van der Waals surface area contributed by atoms with Crippen molar-refractivity contribution in [2.24, 2.45) is 0 Å². The number of sulfonamides is 1. The molecule has 3 N–H and O–H groups in total. The summed E-state index contributed by atoms with van der Waals surface area (Å²) in [5, 5.41) is 17.4. The molecular weight excluding hydrogens is 450 g/mol. The molecular formula is C26H29N3O4S. The molecule has 0 radical (unpaired) electrons. The molecule has 0 bridgehead atoms. The van der Waals surface area contributed by atoms with Crippen molar-refractivity contribution in [3.8, 4) is 0 Å². The molecule has 178 valence electrons. The molecule has 0 saturated carbocycles. The second-order valence-corrected chi connectivity index (χ2v) is 10.9. The number of benzene rings is 2. The second kappa shape index (κ2) is 9.11. The Labute approximate surface area is 199 Å². The molecule has 8 heteroatoms. The lowest BCUT2D eigenvalue weighted by molar-refractivity contribution is -0.0270. The summed E-state index contributed by atoms with van der Waals surface area (Å²) in [5.74, 6) is 0. The van der Waals surface area contributed by atoms with Gasteiger partial charge in [0.1, 0.15) is 5.58 Å². The van der Waals surface area contributed by atoms with Gasteiger partial charge >= 0.3 is 0 Å². The van der Waals surface area contributed by atoms with Crippen LogP contribution in [-0.4, -0.2) is 42.7 Å². The third-order valence-corrected chi connectivity index (χ3v) is 8.58. The Bertz CT molecular complexity index is 1410. The van der Waals surface area contributed by atoms with Gasteiger partial charge in [0.05, 0.1) is 16.8 Å². The Morgan fingerprint density at radius 1 is 1.21 bits per heavy atom. The lowest BCUT2D eigenvalue weighted by atomic mass is 9.81. The highest BCUT2D eigenvalue weighted by Crippen LogP contribution is 2.30. The van der Waals surface area contributed by atoms with Crippen LogP contribution in [0.2, 0.25) is 0 Å². The van der Waals surface area contributed by atoms with E-state index >= 15 is 0 Å². The minimum atomic E-state index is -3.83. The largest absolute Gasteiger partial charge is 0.464 e. The molecule has 4 aromatic rings. The van der Waals surface area contributed by atoms with Crippen LogP contribution >= 0.6 is 0 Å². The number of aromatic nitrogens is 1. The van der Waals surface area contributed by atoms with E-state index in [2.05, 4.69) is 21.1 Å². The number of aryl methyl sites for hydroxylation is 1.